The second-order valence-corrected chi connectivity index (χ2v) is 8.48. The normalized spacial score (nSPS) is 9.39. The fourth-order valence-corrected chi connectivity index (χ4v) is 3.67. The van der Waals surface area contributed by atoms with E-state index in [1.165, 1.54) is 6.92 Å². The Morgan fingerprint density at radius 2 is 1.52 bits per heavy atom. The minimum Gasteiger partial charge on any atom is -0.632 e. The van der Waals surface area contributed by atoms with Crippen molar-refractivity contribution in [3.8, 4) is 5.75 Å². The number of benzene rings is 2. The van der Waals surface area contributed by atoms with Crippen LogP contribution in [0.15, 0.2) is 48.5 Å². The molecule has 1 radical (unpaired) electrons. The van der Waals surface area contributed by atoms with Gasteiger partial charge in [0.2, 0.25) is 12.0 Å². The molecule has 0 fully saturated rings. The van der Waals surface area contributed by atoms with Gasteiger partial charge in [0.1, 0.15) is 5.75 Å². The Morgan fingerprint density at radius 1 is 0.939 bits per heavy atom. The molecule has 0 saturated heterocycles. The summed E-state index contributed by atoms with van der Waals surface area (Å²) in [5.74, 6) is 1.88. The van der Waals surface area contributed by atoms with Crippen LogP contribution in [-0.2, 0) is 47.0 Å². The fourth-order valence-electron chi connectivity index (χ4n) is 1.93. The number of rotatable bonds is 10. The fraction of sp³-hybridized carbons (Fsp3) is 0.286. The van der Waals surface area contributed by atoms with E-state index in [9.17, 15) is 14.4 Å². The Morgan fingerprint density at radius 3 is 2.06 bits per heavy atom. The first-order chi connectivity index (χ1) is 15.4. The Kier molecular flexibility index (Phi) is 18.6. The molecule has 9 nitrogen and oxygen atoms in total. The van der Waals surface area contributed by atoms with Crippen LogP contribution in [0.4, 0.5) is 21.0 Å². The maximum atomic E-state index is 11.6. The molecule has 0 aliphatic rings. The maximum absolute atomic E-state index is 11.6. The van der Waals surface area contributed by atoms with Crippen molar-refractivity contribution in [2.45, 2.75) is 6.92 Å². The summed E-state index contributed by atoms with van der Waals surface area (Å²) in [7, 11) is 4.94. The van der Waals surface area contributed by atoms with Crippen molar-refractivity contribution in [1.82, 2.24) is 0 Å². The average molecular weight is 568 g/mol. The number of ether oxygens (including phenoxy) is 3. The van der Waals surface area contributed by atoms with Crippen molar-refractivity contribution in [3.63, 3.8) is 0 Å². The molecule has 0 aromatic heterocycles. The number of carbonyl (C=O) groups excluding carboxylic acids is 3. The van der Waals surface area contributed by atoms with Gasteiger partial charge in [0.15, 0.2) is 0 Å². The molecule has 33 heavy (non-hydrogen) atoms. The minimum atomic E-state index is -0.961. The van der Waals surface area contributed by atoms with Crippen molar-refractivity contribution in [3.05, 3.63) is 60.3 Å². The monoisotopic (exact) mass is 568 g/mol. The van der Waals surface area contributed by atoms with Crippen molar-refractivity contribution < 1.29 is 61.3 Å². The van der Waals surface area contributed by atoms with Gasteiger partial charge in [-0.05, 0) is 24.3 Å². The zero-order valence-corrected chi connectivity index (χ0v) is 22.8. The summed E-state index contributed by atoms with van der Waals surface area (Å²) < 4.78 is 14.4. The third-order valence-electron chi connectivity index (χ3n) is 3.20. The topological polar surface area (TPSA) is 127 Å². The van der Waals surface area contributed by atoms with Gasteiger partial charge in [0, 0.05) is 63.9 Å². The van der Waals surface area contributed by atoms with E-state index in [1.54, 1.807) is 77.2 Å². The second-order valence-electron chi connectivity index (χ2n) is 5.78. The number of anilines is 2. The van der Waals surface area contributed by atoms with Crippen LogP contribution in [0.3, 0.4) is 0 Å². The van der Waals surface area contributed by atoms with Gasteiger partial charge < -0.3 is 30.6 Å². The molecular formula is C21H25N3O6S2Y-2. The number of hydrogen-bond donors (Lipinski definition) is 2. The third kappa shape index (κ3) is 17.4. The summed E-state index contributed by atoms with van der Waals surface area (Å²) in [6, 6.07) is 16.2. The molecule has 12 heteroatoms. The summed E-state index contributed by atoms with van der Waals surface area (Å²) in [4.78, 5) is 32.5. The van der Waals surface area contributed by atoms with Gasteiger partial charge in [-0.1, -0.05) is 27.3 Å². The molecule has 2 aromatic rings. The standard InChI is InChI=1S/C15H13N2O3.C6H13NO3S2.Y/c1-11(18)16-13-7-9-14(10-8-13)20-15(19)17-12-5-3-2-4-6-12;1-9-2-4-11-12-5-3-10-6(7)8;/h3-10H,1H3,(H,16,18)(H,17,19);2-5H2,1H3,(H2,7,8);/q-1;;/p-1. The van der Waals surface area contributed by atoms with Gasteiger partial charge >= 0.3 is 6.09 Å². The van der Waals surface area contributed by atoms with Crippen molar-refractivity contribution in [2.24, 2.45) is 0 Å². The minimum absolute atomic E-state index is 0. The van der Waals surface area contributed by atoms with Gasteiger partial charge in [-0.25, -0.2) is 4.79 Å². The molecule has 177 valence electrons. The predicted octanol–water partition coefficient (Wildman–Crippen LogP) is 5.26. The van der Waals surface area contributed by atoms with Gasteiger partial charge in [-0.3, -0.25) is 9.59 Å². The van der Waals surface area contributed by atoms with E-state index in [4.69, 9.17) is 15.2 Å². The van der Waals surface area contributed by atoms with Crippen LogP contribution in [0.5, 0.6) is 5.75 Å². The van der Waals surface area contributed by atoms with Crippen LogP contribution < -0.4 is 15.4 Å². The molecule has 3 amide bonds. The van der Waals surface area contributed by atoms with Crippen LogP contribution in [0.25, 0.3) is 5.73 Å². The van der Waals surface area contributed by atoms with Crippen molar-refractivity contribution >= 4 is 51.1 Å². The van der Waals surface area contributed by atoms with Gasteiger partial charge in [0.25, 0.3) is 0 Å². The largest absolute Gasteiger partial charge is 0.632 e. The van der Waals surface area contributed by atoms with Crippen molar-refractivity contribution in [2.75, 3.05) is 42.5 Å². The molecule has 3 N–H and O–H groups in total. The van der Waals surface area contributed by atoms with E-state index >= 15 is 0 Å². The summed E-state index contributed by atoms with van der Waals surface area (Å²) in [5.41, 5.74) is 7.70. The quantitative estimate of drug-likeness (QED) is 0.226. The first kappa shape index (κ1) is 31.2. The molecule has 2 aromatic carbocycles. The number of amides is 3. The van der Waals surface area contributed by atoms with Crippen LogP contribution in [0.2, 0.25) is 0 Å². The van der Waals surface area contributed by atoms with Gasteiger partial charge in [0.05, 0.1) is 13.2 Å². The Labute approximate surface area is 226 Å². The summed E-state index contributed by atoms with van der Waals surface area (Å²) >= 11 is 0. The number of methoxy groups -OCH3 is 1. The molecule has 2 rings (SSSR count). The van der Waals surface area contributed by atoms with Crippen LogP contribution in [0.1, 0.15) is 6.92 Å². The molecule has 0 aliphatic carbocycles. The molecule has 0 heterocycles. The SMILES string of the molecule is CC(=O)Nc1ccc(OC(=O)Nc2cc[c-]cc2)cc1.COCCSSCCOC([NH-])=O.[Y]. The second kappa shape index (κ2) is 19.7. The summed E-state index contributed by atoms with van der Waals surface area (Å²) in [6.45, 7) is 2.47. The molecule has 0 spiro atoms. The average Bonchev–Trinajstić information content (AvgIpc) is 2.75. The zero-order valence-electron chi connectivity index (χ0n) is 18.3. The Bertz CT molecular complexity index is 829. The molecule has 0 bridgehead atoms. The zero-order chi connectivity index (χ0) is 23.6. The molecule has 0 unspecified atom stereocenters. The van der Waals surface area contributed by atoms with Gasteiger partial charge in [-0.15, -0.1) is 12.1 Å². The van der Waals surface area contributed by atoms with E-state index < -0.39 is 12.2 Å². The molecule has 0 saturated carbocycles. The van der Waals surface area contributed by atoms with Crippen molar-refractivity contribution in [1.29, 1.82) is 0 Å². The Hall–Kier alpha value is -1.79. The number of hydrogen-bond acceptors (Lipinski definition) is 8. The van der Waals surface area contributed by atoms with Crippen LogP contribution in [-0.4, -0.2) is 49.9 Å². The van der Waals surface area contributed by atoms with E-state index in [1.807, 2.05) is 0 Å². The third-order valence-corrected chi connectivity index (χ3v) is 5.54. The smallest absolute Gasteiger partial charge is 0.415 e. The van der Waals surface area contributed by atoms with E-state index in [-0.39, 0.29) is 38.6 Å². The first-order valence-corrected chi connectivity index (χ1v) is 11.8. The van der Waals surface area contributed by atoms with E-state index in [2.05, 4.69) is 21.4 Å². The Balaban J connectivity index is 0.000000685. The first-order valence-electron chi connectivity index (χ1n) is 9.35. The van der Waals surface area contributed by atoms with Gasteiger partial charge in [-0.2, -0.15) is 18.2 Å². The number of carbonyl (C=O) groups is 3. The van der Waals surface area contributed by atoms with E-state index in [0.717, 1.165) is 18.1 Å². The van der Waals surface area contributed by atoms with E-state index in [0.29, 0.717) is 23.7 Å². The van der Waals surface area contributed by atoms with Crippen LogP contribution in [0, 0.1) is 6.07 Å². The molecule has 0 atom stereocenters. The molecule has 0 aliphatic heterocycles. The number of nitrogens with one attached hydrogen (secondary N) is 3. The predicted molar refractivity (Wildman–Crippen MR) is 128 cm³/mol. The molecular weight excluding hydrogens is 543 g/mol. The van der Waals surface area contributed by atoms with Crippen LogP contribution >= 0.6 is 21.6 Å². The maximum Gasteiger partial charge on any atom is 0.415 e. The summed E-state index contributed by atoms with van der Waals surface area (Å²) in [5, 5.41) is 5.21. The summed E-state index contributed by atoms with van der Waals surface area (Å²) in [6.07, 6.45) is -1.54.